The lowest BCUT2D eigenvalue weighted by Crippen LogP contribution is -2.57. The van der Waals surface area contributed by atoms with Crippen LogP contribution in [0.25, 0.3) is 11.4 Å². The fraction of sp³-hybridized carbons (Fsp3) is 0.333. The van der Waals surface area contributed by atoms with Gasteiger partial charge in [0, 0.05) is 38.3 Å². The van der Waals surface area contributed by atoms with Crippen LogP contribution in [0.15, 0.2) is 42.2 Å². The normalized spacial score (nSPS) is 16.4. The number of piperazine rings is 1. The van der Waals surface area contributed by atoms with E-state index in [0.717, 1.165) is 29.9 Å². The fourth-order valence-corrected chi connectivity index (χ4v) is 5.38. The molecule has 12 heteroatoms. The van der Waals surface area contributed by atoms with Crippen molar-refractivity contribution in [3.63, 3.8) is 0 Å². The number of rotatable bonds is 5. The molecule has 0 radical (unpaired) electrons. The van der Waals surface area contributed by atoms with E-state index in [4.69, 9.17) is 0 Å². The largest absolute Gasteiger partial charge is 0.337 e. The molecule has 2 fully saturated rings. The van der Waals surface area contributed by atoms with E-state index >= 15 is 0 Å². The minimum atomic E-state index is -0.460. The SMILES string of the molecule is Cc1cc(-c2csc(Nc3ccc(C(=O)N4CCN(c5ncc(F)cn5)CC45CC5)cn3)n2)n(C)n1. The molecule has 1 saturated heterocycles. The number of hydrogen-bond acceptors (Lipinski definition) is 9. The molecule has 4 aromatic rings. The van der Waals surface area contributed by atoms with Gasteiger partial charge in [0.15, 0.2) is 10.9 Å². The zero-order valence-corrected chi connectivity index (χ0v) is 20.7. The summed E-state index contributed by atoms with van der Waals surface area (Å²) in [5, 5.41) is 10.3. The van der Waals surface area contributed by atoms with E-state index in [2.05, 4.69) is 30.4 Å². The van der Waals surface area contributed by atoms with Gasteiger partial charge in [-0.3, -0.25) is 9.48 Å². The standard InChI is InChI=1S/C24H24FN9OS/c1-15-9-19(32(2)31-15)18-13-36-23(29-18)30-20-4-3-16(10-26-20)21(35)34-8-7-33(14-24(34)5-6-24)22-27-11-17(25)12-28-22/h3-4,9-13H,5-8,14H2,1-2H3,(H,26,29,30). The molecular formula is C24H24FN9OS. The van der Waals surface area contributed by atoms with Crippen molar-refractivity contribution in [3.8, 4) is 11.4 Å². The van der Waals surface area contributed by atoms with Crippen LogP contribution >= 0.6 is 11.3 Å². The third kappa shape index (κ3) is 4.17. The predicted octanol–water partition coefficient (Wildman–Crippen LogP) is 3.41. The van der Waals surface area contributed by atoms with E-state index in [9.17, 15) is 9.18 Å². The second-order valence-electron chi connectivity index (χ2n) is 9.19. The highest BCUT2D eigenvalue weighted by Gasteiger charge is 2.53. The monoisotopic (exact) mass is 505 g/mol. The molecule has 1 aliphatic carbocycles. The van der Waals surface area contributed by atoms with Crippen molar-refractivity contribution in [3.05, 3.63) is 59.2 Å². The van der Waals surface area contributed by atoms with Gasteiger partial charge in [0.25, 0.3) is 5.91 Å². The quantitative estimate of drug-likeness (QED) is 0.440. The Morgan fingerprint density at radius 2 is 1.94 bits per heavy atom. The first-order chi connectivity index (χ1) is 17.4. The van der Waals surface area contributed by atoms with Crippen LogP contribution in [0.1, 0.15) is 28.9 Å². The van der Waals surface area contributed by atoms with Crippen LogP contribution < -0.4 is 10.2 Å². The lowest BCUT2D eigenvalue weighted by molar-refractivity contribution is 0.0623. The fourth-order valence-electron chi connectivity index (χ4n) is 4.67. The van der Waals surface area contributed by atoms with Gasteiger partial charge in [0.1, 0.15) is 11.5 Å². The highest BCUT2D eigenvalue weighted by molar-refractivity contribution is 7.14. The summed E-state index contributed by atoms with van der Waals surface area (Å²) >= 11 is 1.48. The number of carbonyl (C=O) groups is 1. The minimum absolute atomic E-state index is 0.0330. The maximum Gasteiger partial charge on any atom is 0.256 e. The molecule has 184 valence electrons. The smallest absolute Gasteiger partial charge is 0.256 e. The van der Waals surface area contributed by atoms with Crippen molar-refractivity contribution in [2.45, 2.75) is 25.3 Å². The molecule has 6 rings (SSSR count). The topological polar surface area (TPSA) is 105 Å². The van der Waals surface area contributed by atoms with Gasteiger partial charge in [0.2, 0.25) is 5.95 Å². The second-order valence-corrected chi connectivity index (χ2v) is 10.1. The molecule has 0 unspecified atom stereocenters. The minimum Gasteiger partial charge on any atom is -0.337 e. The second kappa shape index (κ2) is 8.63. The Morgan fingerprint density at radius 3 is 2.61 bits per heavy atom. The summed E-state index contributed by atoms with van der Waals surface area (Å²) in [4.78, 5) is 34.6. The van der Waals surface area contributed by atoms with Crippen LogP contribution in [-0.4, -0.2) is 65.7 Å². The van der Waals surface area contributed by atoms with Gasteiger partial charge in [-0.05, 0) is 38.0 Å². The summed E-state index contributed by atoms with van der Waals surface area (Å²) in [6.07, 6.45) is 5.80. The molecule has 4 aromatic heterocycles. The molecule has 1 spiro atoms. The van der Waals surface area contributed by atoms with Crippen LogP contribution in [0.3, 0.4) is 0 Å². The lowest BCUT2D eigenvalue weighted by atomic mass is 10.1. The summed E-state index contributed by atoms with van der Waals surface area (Å²) in [6, 6.07) is 5.59. The van der Waals surface area contributed by atoms with Crippen LogP contribution in [0.2, 0.25) is 0 Å². The Kier molecular flexibility index (Phi) is 5.40. The van der Waals surface area contributed by atoms with E-state index in [1.807, 2.05) is 39.9 Å². The van der Waals surface area contributed by atoms with Crippen molar-refractivity contribution in [1.82, 2.24) is 34.6 Å². The Morgan fingerprint density at radius 1 is 1.14 bits per heavy atom. The first kappa shape index (κ1) is 22.5. The average molecular weight is 506 g/mol. The van der Waals surface area contributed by atoms with Crippen molar-refractivity contribution in [2.24, 2.45) is 7.05 Å². The summed E-state index contributed by atoms with van der Waals surface area (Å²) < 4.78 is 15.0. The molecule has 2 aliphatic rings. The molecule has 1 aliphatic heterocycles. The van der Waals surface area contributed by atoms with Crippen molar-refractivity contribution in [1.29, 1.82) is 0 Å². The Hall–Kier alpha value is -3.93. The molecule has 1 saturated carbocycles. The summed E-state index contributed by atoms with van der Waals surface area (Å²) in [5.41, 5.74) is 3.05. The number of nitrogens with one attached hydrogen (secondary N) is 1. The van der Waals surface area contributed by atoms with Gasteiger partial charge >= 0.3 is 0 Å². The number of carbonyl (C=O) groups excluding carboxylic acids is 1. The van der Waals surface area contributed by atoms with Crippen LogP contribution in [0.4, 0.5) is 21.3 Å². The van der Waals surface area contributed by atoms with Crippen molar-refractivity contribution >= 4 is 34.1 Å². The van der Waals surface area contributed by atoms with Crippen LogP contribution in [0.5, 0.6) is 0 Å². The maximum absolute atomic E-state index is 13.4. The number of nitrogens with zero attached hydrogens (tertiary/aromatic N) is 8. The molecule has 0 aromatic carbocycles. The van der Waals surface area contributed by atoms with E-state index in [-0.39, 0.29) is 11.4 Å². The number of halogens is 1. The summed E-state index contributed by atoms with van der Waals surface area (Å²) in [6.45, 7) is 3.73. The molecule has 36 heavy (non-hydrogen) atoms. The van der Waals surface area contributed by atoms with E-state index in [1.165, 1.54) is 23.7 Å². The molecule has 10 nitrogen and oxygen atoms in total. The first-order valence-corrected chi connectivity index (χ1v) is 12.5. The van der Waals surface area contributed by atoms with Crippen molar-refractivity contribution in [2.75, 3.05) is 29.9 Å². The third-order valence-electron chi connectivity index (χ3n) is 6.63. The van der Waals surface area contributed by atoms with Gasteiger partial charge in [-0.15, -0.1) is 11.3 Å². The third-order valence-corrected chi connectivity index (χ3v) is 7.38. The number of pyridine rings is 1. The summed E-state index contributed by atoms with van der Waals surface area (Å²) in [7, 11) is 1.90. The van der Waals surface area contributed by atoms with E-state index in [0.29, 0.717) is 42.1 Å². The van der Waals surface area contributed by atoms with Gasteiger partial charge in [-0.2, -0.15) is 5.10 Å². The van der Waals surface area contributed by atoms with Gasteiger partial charge in [-0.25, -0.2) is 24.3 Å². The Balaban J connectivity index is 1.12. The van der Waals surface area contributed by atoms with Crippen LogP contribution in [0, 0.1) is 12.7 Å². The van der Waals surface area contributed by atoms with E-state index < -0.39 is 5.82 Å². The molecule has 1 amide bonds. The first-order valence-electron chi connectivity index (χ1n) is 11.6. The van der Waals surface area contributed by atoms with Gasteiger partial charge in [0.05, 0.1) is 34.9 Å². The van der Waals surface area contributed by atoms with Crippen molar-refractivity contribution < 1.29 is 9.18 Å². The average Bonchev–Trinajstić information content (AvgIpc) is 3.32. The Bertz CT molecular complexity index is 1410. The number of aryl methyl sites for hydroxylation is 2. The highest BCUT2D eigenvalue weighted by atomic mass is 32.1. The van der Waals surface area contributed by atoms with Gasteiger partial charge < -0.3 is 15.1 Å². The molecule has 0 atom stereocenters. The predicted molar refractivity (Wildman–Crippen MR) is 134 cm³/mol. The lowest BCUT2D eigenvalue weighted by Gasteiger charge is -2.42. The Labute approximate surface area is 210 Å². The molecule has 5 heterocycles. The number of anilines is 3. The number of amides is 1. The molecule has 1 N–H and O–H groups in total. The van der Waals surface area contributed by atoms with E-state index in [1.54, 1.807) is 18.3 Å². The van der Waals surface area contributed by atoms with Crippen LogP contribution in [-0.2, 0) is 7.05 Å². The zero-order chi connectivity index (χ0) is 24.9. The number of hydrogen-bond donors (Lipinski definition) is 1. The van der Waals surface area contributed by atoms with Gasteiger partial charge in [-0.1, -0.05) is 0 Å². The highest BCUT2D eigenvalue weighted by Crippen LogP contribution is 2.45. The zero-order valence-electron chi connectivity index (χ0n) is 19.8. The molecule has 0 bridgehead atoms. The maximum atomic E-state index is 13.4. The number of aromatic nitrogens is 6. The molecular weight excluding hydrogens is 481 g/mol. The number of thiazole rings is 1. The summed E-state index contributed by atoms with van der Waals surface area (Å²) in [5.74, 6) is 0.621.